The number of fused-ring (bicyclic) bond motifs is 2. The van der Waals surface area contributed by atoms with Crippen LogP contribution in [-0.2, 0) is 22.5 Å². The van der Waals surface area contributed by atoms with E-state index in [9.17, 15) is 14.4 Å². The van der Waals surface area contributed by atoms with Crippen LogP contribution in [0.4, 0.5) is 0 Å². The minimum absolute atomic E-state index is 0.0710. The highest BCUT2D eigenvalue weighted by atomic mass is 16.5. The van der Waals surface area contributed by atoms with Crippen LogP contribution in [0.25, 0.3) is 16.7 Å². The molecule has 0 aliphatic heterocycles. The fourth-order valence-corrected chi connectivity index (χ4v) is 3.81. The van der Waals surface area contributed by atoms with Gasteiger partial charge in [0.1, 0.15) is 16.9 Å². The molecule has 0 atom stereocenters. The average molecular weight is 459 g/mol. The van der Waals surface area contributed by atoms with Crippen molar-refractivity contribution in [3.8, 4) is 0 Å². The number of hydrogen-bond acceptors (Lipinski definition) is 5. The molecular weight excluding hydrogens is 432 g/mol. The van der Waals surface area contributed by atoms with Crippen molar-refractivity contribution in [2.75, 3.05) is 6.61 Å². The highest BCUT2D eigenvalue weighted by Gasteiger charge is 2.20. The summed E-state index contributed by atoms with van der Waals surface area (Å²) in [5, 5.41) is 0.261. The van der Waals surface area contributed by atoms with Gasteiger partial charge in [-0.15, -0.1) is 0 Å². The van der Waals surface area contributed by atoms with E-state index in [-0.39, 0.29) is 35.0 Å². The van der Waals surface area contributed by atoms with E-state index in [0.717, 1.165) is 18.4 Å². The first-order valence-corrected chi connectivity index (χ1v) is 11.4. The van der Waals surface area contributed by atoms with E-state index in [1.165, 1.54) is 10.5 Å². The zero-order valence-corrected chi connectivity index (χ0v) is 19.2. The van der Waals surface area contributed by atoms with Gasteiger partial charge in [-0.05, 0) is 37.1 Å². The third-order valence-electron chi connectivity index (χ3n) is 5.45. The van der Waals surface area contributed by atoms with E-state index in [2.05, 4.69) is 4.99 Å². The number of amides is 1. The van der Waals surface area contributed by atoms with Gasteiger partial charge in [-0.3, -0.25) is 14.0 Å². The molecule has 0 saturated carbocycles. The summed E-state index contributed by atoms with van der Waals surface area (Å²) in [6.45, 7) is 4.32. The van der Waals surface area contributed by atoms with Crippen LogP contribution in [0.5, 0.6) is 0 Å². The second kappa shape index (κ2) is 10.2. The van der Waals surface area contributed by atoms with Crippen LogP contribution >= 0.6 is 0 Å². The summed E-state index contributed by atoms with van der Waals surface area (Å²) in [5.74, 6) is -1.04. The fourth-order valence-electron chi connectivity index (χ4n) is 3.81. The zero-order valence-electron chi connectivity index (χ0n) is 19.2. The van der Waals surface area contributed by atoms with E-state index in [1.807, 2.05) is 37.3 Å². The molecule has 0 aliphatic carbocycles. The molecule has 8 heteroatoms. The molecule has 0 saturated heterocycles. The number of carbonyl (C=O) groups is 2. The monoisotopic (exact) mass is 458 g/mol. The topological polar surface area (TPSA) is 95.0 Å². The number of benzene rings is 1. The maximum atomic E-state index is 13.3. The van der Waals surface area contributed by atoms with Crippen LogP contribution in [0.1, 0.15) is 42.6 Å². The normalized spacial score (nSPS) is 11.8. The molecule has 0 N–H and O–H groups in total. The van der Waals surface area contributed by atoms with E-state index >= 15 is 0 Å². The molecule has 34 heavy (non-hydrogen) atoms. The predicted molar refractivity (Wildman–Crippen MR) is 129 cm³/mol. The third kappa shape index (κ3) is 4.66. The van der Waals surface area contributed by atoms with Gasteiger partial charge in [0.15, 0.2) is 5.49 Å². The van der Waals surface area contributed by atoms with Crippen LogP contribution in [0.3, 0.4) is 0 Å². The Hall–Kier alpha value is -4.07. The molecule has 1 aromatic carbocycles. The molecule has 4 rings (SSSR count). The summed E-state index contributed by atoms with van der Waals surface area (Å²) in [6.07, 6.45) is 3.33. The molecule has 1 amide bonds. The predicted octanol–water partition coefficient (Wildman–Crippen LogP) is 3.30. The Balaban J connectivity index is 2.03. The number of carbonyl (C=O) groups excluding carboxylic acids is 2. The largest absolute Gasteiger partial charge is 0.462 e. The molecule has 3 heterocycles. The van der Waals surface area contributed by atoms with Crippen molar-refractivity contribution in [2.45, 2.75) is 39.7 Å². The van der Waals surface area contributed by atoms with Gasteiger partial charge in [0.2, 0.25) is 0 Å². The Morgan fingerprint density at radius 2 is 1.82 bits per heavy atom. The standard InChI is InChI=1S/C26H26N4O4/c1-3-5-14-30-23-19(25(32)29-15-10-9-13-21(29)27-23)17-20(26(33)34-4-2)24(30)28-22(31)16-18-11-7-6-8-12-18/h6-13,15,17H,3-5,14,16H2,1-2H3. The lowest BCUT2D eigenvalue weighted by Crippen LogP contribution is -2.33. The molecular formula is C26H26N4O4. The van der Waals surface area contributed by atoms with E-state index < -0.39 is 11.9 Å². The van der Waals surface area contributed by atoms with Gasteiger partial charge >= 0.3 is 5.97 Å². The SMILES string of the molecule is CCCCn1c(=NC(=O)Cc2ccccc2)c(C(=O)OCC)cc2c(=O)n3ccccc3nc21. The second-order valence-electron chi connectivity index (χ2n) is 7.86. The number of rotatable bonds is 7. The Kier molecular flexibility index (Phi) is 6.96. The first-order chi connectivity index (χ1) is 16.5. The second-order valence-corrected chi connectivity index (χ2v) is 7.86. The van der Waals surface area contributed by atoms with Crippen LogP contribution in [0.15, 0.2) is 70.6 Å². The van der Waals surface area contributed by atoms with Crippen molar-refractivity contribution < 1.29 is 14.3 Å². The van der Waals surface area contributed by atoms with E-state index in [0.29, 0.717) is 17.8 Å². The first-order valence-electron chi connectivity index (χ1n) is 11.4. The number of aryl methyl sites for hydroxylation is 1. The zero-order chi connectivity index (χ0) is 24.1. The van der Waals surface area contributed by atoms with Crippen molar-refractivity contribution >= 4 is 28.6 Å². The first kappa shape index (κ1) is 23.1. The van der Waals surface area contributed by atoms with Crippen molar-refractivity contribution in [3.05, 3.63) is 87.8 Å². The highest BCUT2D eigenvalue weighted by Crippen LogP contribution is 2.12. The van der Waals surface area contributed by atoms with E-state index in [4.69, 9.17) is 9.72 Å². The third-order valence-corrected chi connectivity index (χ3v) is 5.45. The van der Waals surface area contributed by atoms with Crippen molar-refractivity contribution in [2.24, 2.45) is 4.99 Å². The van der Waals surface area contributed by atoms with Gasteiger partial charge in [0.05, 0.1) is 18.4 Å². The Morgan fingerprint density at radius 1 is 1.06 bits per heavy atom. The summed E-state index contributed by atoms with van der Waals surface area (Å²) in [6, 6.07) is 16.0. The maximum absolute atomic E-state index is 13.3. The summed E-state index contributed by atoms with van der Waals surface area (Å²) in [7, 11) is 0. The Labute approximate surface area is 196 Å². The molecule has 8 nitrogen and oxygen atoms in total. The lowest BCUT2D eigenvalue weighted by molar-refractivity contribution is -0.117. The number of unbranched alkanes of at least 4 members (excludes halogenated alkanes) is 1. The average Bonchev–Trinajstić information content (AvgIpc) is 2.84. The fraction of sp³-hybridized carbons (Fsp3) is 0.269. The van der Waals surface area contributed by atoms with Crippen molar-refractivity contribution in [1.82, 2.24) is 14.0 Å². The molecule has 174 valence electrons. The number of hydrogen-bond donors (Lipinski definition) is 0. The van der Waals surface area contributed by atoms with Crippen LogP contribution in [-0.4, -0.2) is 32.4 Å². The molecule has 0 fully saturated rings. The quantitative estimate of drug-likeness (QED) is 0.313. The molecule has 0 radical (unpaired) electrons. The summed E-state index contributed by atoms with van der Waals surface area (Å²) in [4.78, 5) is 48.2. The summed E-state index contributed by atoms with van der Waals surface area (Å²) < 4.78 is 8.38. The van der Waals surface area contributed by atoms with Crippen molar-refractivity contribution in [1.29, 1.82) is 0 Å². The van der Waals surface area contributed by atoms with Gasteiger partial charge in [-0.1, -0.05) is 49.7 Å². The van der Waals surface area contributed by atoms with Gasteiger partial charge in [-0.25, -0.2) is 9.78 Å². The van der Waals surface area contributed by atoms with Gasteiger partial charge < -0.3 is 9.30 Å². The van der Waals surface area contributed by atoms with Crippen molar-refractivity contribution in [3.63, 3.8) is 0 Å². The van der Waals surface area contributed by atoms with E-state index in [1.54, 1.807) is 35.9 Å². The van der Waals surface area contributed by atoms with Crippen LogP contribution in [0, 0.1) is 0 Å². The minimum Gasteiger partial charge on any atom is -0.462 e. The molecule has 0 bridgehead atoms. The lowest BCUT2D eigenvalue weighted by atomic mass is 10.1. The number of aromatic nitrogens is 3. The number of esters is 1. The summed E-state index contributed by atoms with van der Waals surface area (Å²) in [5.41, 5.74) is 1.59. The summed E-state index contributed by atoms with van der Waals surface area (Å²) >= 11 is 0. The van der Waals surface area contributed by atoms with Gasteiger partial charge in [0.25, 0.3) is 11.5 Å². The Morgan fingerprint density at radius 3 is 2.56 bits per heavy atom. The molecule has 0 unspecified atom stereocenters. The molecule has 4 aromatic rings. The maximum Gasteiger partial charge on any atom is 0.341 e. The lowest BCUT2D eigenvalue weighted by Gasteiger charge is -2.15. The number of pyridine rings is 2. The molecule has 3 aromatic heterocycles. The number of ether oxygens (including phenoxy) is 1. The molecule has 0 spiro atoms. The number of nitrogens with zero attached hydrogens (tertiary/aromatic N) is 4. The smallest absolute Gasteiger partial charge is 0.341 e. The molecule has 0 aliphatic rings. The minimum atomic E-state index is -0.640. The Bertz CT molecular complexity index is 1490. The highest BCUT2D eigenvalue weighted by molar-refractivity contribution is 5.93. The van der Waals surface area contributed by atoms with Crippen LogP contribution in [0.2, 0.25) is 0 Å². The van der Waals surface area contributed by atoms with Gasteiger partial charge in [-0.2, -0.15) is 4.99 Å². The van der Waals surface area contributed by atoms with Crippen LogP contribution < -0.4 is 11.0 Å². The van der Waals surface area contributed by atoms with Gasteiger partial charge in [0, 0.05) is 12.7 Å².